The second-order valence-corrected chi connectivity index (χ2v) is 3.56. The highest BCUT2D eigenvalue weighted by Crippen LogP contribution is 2.11. The monoisotopic (exact) mass is 185 g/mol. The lowest BCUT2D eigenvalue weighted by Gasteiger charge is -2.29. The van der Waals surface area contributed by atoms with Gasteiger partial charge in [0.05, 0.1) is 5.92 Å². The predicted octanol–water partition coefficient (Wildman–Crippen LogP) is -0.551. The Bertz CT molecular complexity index is 166. The summed E-state index contributed by atoms with van der Waals surface area (Å²) < 4.78 is 0. The zero-order valence-corrected chi connectivity index (χ0v) is 8.18. The maximum absolute atomic E-state index is 11.1. The predicted molar refractivity (Wildman–Crippen MR) is 52.3 cm³/mol. The van der Waals surface area contributed by atoms with E-state index in [1.165, 1.54) is 0 Å². The number of amides is 1. The maximum atomic E-state index is 11.1. The number of nitrogens with two attached hydrogens (primary N) is 1. The molecule has 1 aliphatic heterocycles. The number of piperazine rings is 1. The van der Waals surface area contributed by atoms with Crippen molar-refractivity contribution in [3.05, 3.63) is 0 Å². The van der Waals surface area contributed by atoms with Crippen molar-refractivity contribution in [1.82, 2.24) is 10.6 Å². The number of hydrogen-bond donors (Lipinski definition) is 3. The molecule has 1 amide bonds. The fourth-order valence-electron chi connectivity index (χ4n) is 1.81. The van der Waals surface area contributed by atoms with Gasteiger partial charge in [0.15, 0.2) is 0 Å². The van der Waals surface area contributed by atoms with E-state index in [2.05, 4.69) is 17.6 Å². The lowest BCUT2D eigenvalue weighted by atomic mass is 9.93. The first-order valence-electron chi connectivity index (χ1n) is 4.99. The number of rotatable bonds is 4. The molecule has 76 valence electrons. The molecule has 0 aromatic heterocycles. The molecule has 2 atom stereocenters. The highest BCUT2D eigenvalue weighted by Gasteiger charge is 2.26. The third-order valence-corrected chi connectivity index (χ3v) is 2.52. The molecule has 1 aliphatic rings. The van der Waals surface area contributed by atoms with Crippen LogP contribution in [0.15, 0.2) is 0 Å². The smallest absolute Gasteiger partial charge is 0.222 e. The van der Waals surface area contributed by atoms with Crippen LogP contribution in [0, 0.1) is 5.92 Å². The molecule has 4 nitrogen and oxygen atoms in total. The number of carbonyl (C=O) groups is 1. The third kappa shape index (κ3) is 2.97. The summed E-state index contributed by atoms with van der Waals surface area (Å²) in [4.78, 5) is 11.1. The number of nitrogens with one attached hydrogen (secondary N) is 2. The van der Waals surface area contributed by atoms with Gasteiger partial charge >= 0.3 is 0 Å². The van der Waals surface area contributed by atoms with Crippen LogP contribution in [0.4, 0.5) is 0 Å². The summed E-state index contributed by atoms with van der Waals surface area (Å²) in [6, 6.07) is 0.228. The Morgan fingerprint density at radius 1 is 1.62 bits per heavy atom. The van der Waals surface area contributed by atoms with Crippen molar-refractivity contribution < 1.29 is 4.79 Å². The fraction of sp³-hybridized carbons (Fsp3) is 0.889. The molecule has 1 rings (SSSR count). The quantitative estimate of drug-likeness (QED) is 0.550. The molecule has 13 heavy (non-hydrogen) atoms. The van der Waals surface area contributed by atoms with Crippen LogP contribution in [0.3, 0.4) is 0 Å². The van der Waals surface area contributed by atoms with E-state index in [4.69, 9.17) is 5.73 Å². The normalized spacial score (nSPS) is 25.5. The third-order valence-electron chi connectivity index (χ3n) is 2.52. The zero-order valence-electron chi connectivity index (χ0n) is 8.18. The Balaban J connectivity index is 2.46. The van der Waals surface area contributed by atoms with Gasteiger partial charge in [0.1, 0.15) is 0 Å². The van der Waals surface area contributed by atoms with Gasteiger partial charge in [-0.1, -0.05) is 13.3 Å². The van der Waals surface area contributed by atoms with Gasteiger partial charge in [-0.2, -0.15) is 0 Å². The molecule has 1 saturated heterocycles. The first-order chi connectivity index (χ1) is 6.25. The van der Waals surface area contributed by atoms with Crippen LogP contribution in [0.25, 0.3) is 0 Å². The summed E-state index contributed by atoms with van der Waals surface area (Å²) >= 11 is 0. The second-order valence-electron chi connectivity index (χ2n) is 3.56. The lowest BCUT2D eigenvalue weighted by Crippen LogP contribution is -2.54. The van der Waals surface area contributed by atoms with Crippen LogP contribution >= 0.6 is 0 Å². The summed E-state index contributed by atoms with van der Waals surface area (Å²) in [6.07, 6.45) is 1.89. The first kappa shape index (κ1) is 10.5. The molecule has 0 radical (unpaired) electrons. The van der Waals surface area contributed by atoms with Gasteiger partial charge < -0.3 is 16.4 Å². The maximum Gasteiger partial charge on any atom is 0.222 e. The summed E-state index contributed by atoms with van der Waals surface area (Å²) in [6.45, 7) is 4.84. The SMILES string of the molecule is CCCC(C(N)=O)C1CNCCN1. The van der Waals surface area contributed by atoms with E-state index in [1.807, 2.05) is 0 Å². The summed E-state index contributed by atoms with van der Waals surface area (Å²) in [5.74, 6) is -0.194. The van der Waals surface area contributed by atoms with Crippen LogP contribution in [0.5, 0.6) is 0 Å². The Morgan fingerprint density at radius 3 is 2.85 bits per heavy atom. The highest BCUT2D eigenvalue weighted by atomic mass is 16.1. The molecule has 0 spiro atoms. The van der Waals surface area contributed by atoms with Gasteiger partial charge in [-0.25, -0.2) is 0 Å². The van der Waals surface area contributed by atoms with Crippen LogP contribution in [-0.4, -0.2) is 31.6 Å². The standard InChI is InChI=1S/C9H19N3O/c1-2-3-7(9(10)13)8-6-11-4-5-12-8/h7-8,11-12H,2-6H2,1H3,(H2,10,13). The molecule has 4 N–H and O–H groups in total. The van der Waals surface area contributed by atoms with Crippen LogP contribution in [0.2, 0.25) is 0 Å². The molecule has 0 saturated carbocycles. The molecule has 1 fully saturated rings. The summed E-state index contributed by atoms with van der Waals surface area (Å²) in [5.41, 5.74) is 5.35. The minimum Gasteiger partial charge on any atom is -0.369 e. The van der Waals surface area contributed by atoms with Crippen molar-refractivity contribution in [2.75, 3.05) is 19.6 Å². The van der Waals surface area contributed by atoms with Gasteiger partial charge in [-0.05, 0) is 6.42 Å². The molecular weight excluding hydrogens is 166 g/mol. The van der Waals surface area contributed by atoms with Gasteiger partial charge in [-0.15, -0.1) is 0 Å². The van der Waals surface area contributed by atoms with E-state index in [1.54, 1.807) is 0 Å². The van der Waals surface area contributed by atoms with Crippen LogP contribution in [0.1, 0.15) is 19.8 Å². The molecule has 0 aromatic rings. The average molecular weight is 185 g/mol. The molecular formula is C9H19N3O. The van der Waals surface area contributed by atoms with Crippen molar-refractivity contribution >= 4 is 5.91 Å². The van der Waals surface area contributed by atoms with Crippen LogP contribution in [-0.2, 0) is 4.79 Å². The molecule has 0 aromatic carbocycles. The minimum atomic E-state index is -0.178. The highest BCUT2D eigenvalue weighted by molar-refractivity contribution is 5.77. The van der Waals surface area contributed by atoms with Crippen molar-refractivity contribution in [1.29, 1.82) is 0 Å². The van der Waals surface area contributed by atoms with Gasteiger partial charge in [0.2, 0.25) is 5.91 Å². The van der Waals surface area contributed by atoms with Crippen molar-refractivity contribution in [2.45, 2.75) is 25.8 Å². The fourth-order valence-corrected chi connectivity index (χ4v) is 1.81. The first-order valence-corrected chi connectivity index (χ1v) is 4.99. The topological polar surface area (TPSA) is 67.2 Å². The van der Waals surface area contributed by atoms with Gasteiger partial charge in [-0.3, -0.25) is 4.79 Å². The Labute approximate surface area is 79.3 Å². The van der Waals surface area contributed by atoms with Crippen LogP contribution < -0.4 is 16.4 Å². The van der Waals surface area contributed by atoms with E-state index in [0.717, 1.165) is 32.5 Å². The van der Waals surface area contributed by atoms with E-state index in [0.29, 0.717) is 0 Å². The molecule has 0 aliphatic carbocycles. The number of carbonyl (C=O) groups excluding carboxylic acids is 1. The molecule has 1 heterocycles. The van der Waals surface area contributed by atoms with Crippen molar-refractivity contribution in [3.63, 3.8) is 0 Å². The summed E-state index contributed by atoms with van der Waals surface area (Å²) in [5, 5.41) is 6.58. The van der Waals surface area contributed by atoms with E-state index in [9.17, 15) is 4.79 Å². The Morgan fingerprint density at radius 2 is 2.38 bits per heavy atom. The Kier molecular flexibility index (Phi) is 4.18. The van der Waals surface area contributed by atoms with Gasteiger partial charge in [0, 0.05) is 25.7 Å². The van der Waals surface area contributed by atoms with Gasteiger partial charge in [0.25, 0.3) is 0 Å². The largest absolute Gasteiger partial charge is 0.369 e. The number of primary amides is 1. The average Bonchev–Trinajstić information content (AvgIpc) is 2.15. The number of hydrogen-bond acceptors (Lipinski definition) is 3. The zero-order chi connectivity index (χ0) is 9.68. The molecule has 4 heteroatoms. The van der Waals surface area contributed by atoms with Crippen molar-refractivity contribution in [3.8, 4) is 0 Å². The second kappa shape index (κ2) is 5.19. The van der Waals surface area contributed by atoms with Crippen molar-refractivity contribution in [2.24, 2.45) is 11.7 Å². The summed E-state index contributed by atoms with van der Waals surface area (Å²) in [7, 11) is 0. The minimum absolute atomic E-state index is 0.0159. The molecule has 0 bridgehead atoms. The Hall–Kier alpha value is -0.610. The van der Waals surface area contributed by atoms with E-state index < -0.39 is 0 Å². The molecule has 2 unspecified atom stereocenters. The van der Waals surface area contributed by atoms with E-state index in [-0.39, 0.29) is 17.9 Å². The van der Waals surface area contributed by atoms with E-state index >= 15 is 0 Å². The lowest BCUT2D eigenvalue weighted by molar-refractivity contribution is -0.123.